The number of amides is 1. The predicted molar refractivity (Wildman–Crippen MR) is 105 cm³/mol. The molecule has 0 heterocycles. The van der Waals surface area contributed by atoms with Crippen LogP contribution in [0.3, 0.4) is 0 Å². The van der Waals surface area contributed by atoms with Crippen LogP contribution in [0.2, 0.25) is 0 Å². The molecule has 0 saturated heterocycles. The van der Waals surface area contributed by atoms with E-state index in [9.17, 15) is 23.2 Å². The molecule has 2 aromatic carbocycles. The smallest absolute Gasteiger partial charge is 0.407 e. The molecule has 1 saturated carbocycles. The van der Waals surface area contributed by atoms with E-state index in [0.717, 1.165) is 0 Å². The second-order valence-electron chi connectivity index (χ2n) is 7.34. The van der Waals surface area contributed by atoms with E-state index in [-0.39, 0.29) is 12.0 Å². The third-order valence-corrected chi connectivity index (χ3v) is 5.07. The average Bonchev–Trinajstić information content (AvgIpc) is 3.51. The van der Waals surface area contributed by atoms with Crippen LogP contribution < -0.4 is 15.4 Å². The monoisotopic (exact) mass is 417 g/mol. The van der Waals surface area contributed by atoms with Crippen molar-refractivity contribution in [2.45, 2.75) is 43.1 Å². The van der Waals surface area contributed by atoms with Gasteiger partial charge < -0.3 is 10.1 Å². The van der Waals surface area contributed by atoms with E-state index < -0.39 is 29.7 Å². The summed E-state index contributed by atoms with van der Waals surface area (Å²) in [6.45, 7) is 0. The molecule has 0 spiro atoms. The summed E-state index contributed by atoms with van der Waals surface area (Å²) in [4.78, 5) is 12.8. The molecule has 5 nitrogen and oxygen atoms in total. The minimum absolute atomic E-state index is 0.0319. The van der Waals surface area contributed by atoms with Crippen LogP contribution in [0.1, 0.15) is 30.0 Å². The van der Waals surface area contributed by atoms with Gasteiger partial charge in [0.2, 0.25) is 5.91 Å². The van der Waals surface area contributed by atoms with Crippen LogP contribution in [0.4, 0.5) is 13.2 Å². The summed E-state index contributed by atoms with van der Waals surface area (Å²) in [7, 11) is 1.43. The number of hydrogen-bond donors (Lipinski definition) is 2. The molecule has 0 unspecified atom stereocenters. The highest BCUT2D eigenvalue weighted by molar-refractivity contribution is 5.83. The average molecular weight is 417 g/mol. The lowest BCUT2D eigenvalue weighted by Gasteiger charge is -2.28. The maximum absolute atomic E-state index is 13.9. The molecular formula is C22H22F3N3O2. The minimum Gasteiger partial charge on any atom is -0.497 e. The van der Waals surface area contributed by atoms with Gasteiger partial charge in [-0.25, -0.2) is 0 Å². The van der Waals surface area contributed by atoms with Crippen LogP contribution in [-0.2, 0) is 11.2 Å². The third kappa shape index (κ3) is 5.30. The number of carbonyl (C=O) groups is 1. The summed E-state index contributed by atoms with van der Waals surface area (Å²) in [5.74, 6) is -0.191. The molecule has 0 bridgehead atoms. The Hall–Kier alpha value is -3.05. The van der Waals surface area contributed by atoms with Gasteiger partial charge in [-0.15, -0.1) is 0 Å². The fraction of sp³-hybridized carbons (Fsp3) is 0.364. The summed E-state index contributed by atoms with van der Waals surface area (Å²) in [6.07, 6.45) is -3.59. The van der Waals surface area contributed by atoms with Crippen LogP contribution in [-0.4, -0.2) is 30.8 Å². The Labute approximate surface area is 172 Å². The molecule has 0 aromatic heterocycles. The van der Waals surface area contributed by atoms with Gasteiger partial charge in [-0.1, -0.05) is 42.5 Å². The Morgan fingerprint density at radius 1 is 1.17 bits per heavy atom. The zero-order valence-corrected chi connectivity index (χ0v) is 16.4. The standard InChI is InChI=1S/C22H22F3N3O2/c1-30-17-9-7-16(8-10-17)19(22(23,24)25)27-18(13-15-5-3-2-4-6-15)20(29)28-21(14-26)11-12-21/h2-10,18-19,27H,11-13H2,1H3,(H,28,29)/t18-,19-/m1/s1. The third-order valence-electron chi connectivity index (χ3n) is 5.07. The Morgan fingerprint density at radius 3 is 2.30 bits per heavy atom. The maximum Gasteiger partial charge on any atom is 0.407 e. The fourth-order valence-corrected chi connectivity index (χ4v) is 3.17. The highest BCUT2D eigenvalue weighted by Crippen LogP contribution is 2.36. The second-order valence-corrected chi connectivity index (χ2v) is 7.34. The summed E-state index contributed by atoms with van der Waals surface area (Å²) < 4.78 is 46.7. The second kappa shape index (κ2) is 8.76. The predicted octanol–water partition coefficient (Wildman–Crippen LogP) is 3.67. The minimum atomic E-state index is -4.63. The SMILES string of the molecule is COc1ccc([C@@H](N[C@H](Cc2ccccc2)C(=O)NC2(C#N)CC2)C(F)(F)F)cc1. The van der Waals surface area contributed by atoms with Gasteiger partial charge in [0.1, 0.15) is 17.3 Å². The lowest BCUT2D eigenvalue weighted by molar-refractivity contribution is -0.161. The van der Waals surface area contributed by atoms with E-state index in [0.29, 0.717) is 24.2 Å². The number of nitriles is 1. The van der Waals surface area contributed by atoms with Crippen LogP contribution in [0.15, 0.2) is 54.6 Å². The van der Waals surface area contributed by atoms with Gasteiger partial charge in [-0.3, -0.25) is 10.1 Å². The van der Waals surface area contributed by atoms with Crippen LogP contribution >= 0.6 is 0 Å². The molecule has 1 amide bonds. The van der Waals surface area contributed by atoms with E-state index >= 15 is 0 Å². The number of hydrogen-bond acceptors (Lipinski definition) is 4. The lowest BCUT2D eigenvalue weighted by atomic mass is 10.0. The molecule has 0 radical (unpaired) electrons. The first-order chi connectivity index (χ1) is 14.3. The molecule has 1 fully saturated rings. The molecule has 3 rings (SSSR count). The number of nitrogens with zero attached hydrogens (tertiary/aromatic N) is 1. The Balaban J connectivity index is 1.87. The molecule has 2 atom stereocenters. The molecule has 1 aliphatic carbocycles. The van der Waals surface area contributed by atoms with Gasteiger partial charge >= 0.3 is 6.18 Å². The van der Waals surface area contributed by atoms with Crippen LogP contribution in [0.25, 0.3) is 0 Å². The Bertz CT molecular complexity index is 904. The van der Waals surface area contributed by atoms with E-state index in [1.54, 1.807) is 30.3 Å². The van der Waals surface area contributed by atoms with Gasteiger partial charge in [0.15, 0.2) is 0 Å². The van der Waals surface area contributed by atoms with Gasteiger partial charge in [0.25, 0.3) is 0 Å². The molecule has 2 aromatic rings. The number of carbonyl (C=O) groups excluding carboxylic acids is 1. The molecule has 8 heteroatoms. The number of methoxy groups -OCH3 is 1. The van der Waals surface area contributed by atoms with Crippen LogP contribution in [0.5, 0.6) is 5.75 Å². The molecule has 1 aliphatic rings. The van der Waals surface area contributed by atoms with Gasteiger partial charge in [-0.2, -0.15) is 18.4 Å². The molecule has 0 aliphatic heterocycles. The number of rotatable bonds is 8. The Kier molecular flexibility index (Phi) is 6.32. The maximum atomic E-state index is 13.9. The summed E-state index contributed by atoms with van der Waals surface area (Å²) >= 11 is 0. The van der Waals surface area contributed by atoms with Crippen molar-refractivity contribution in [1.29, 1.82) is 5.26 Å². The number of benzene rings is 2. The van der Waals surface area contributed by atoms with Crippen molar-refractivity contribution in [3.63, 3.8) is 0 Å². The van der Waals surface area contributed by atoms with Crippen molar-refractivity contribution in [1.82, 2.24) is 10.6 Å². The molecule has 2 N–H and O–H groups in total. The molecular weight excluding hydrogens is 395 g/mol. The lowest BCUT2D eigenvalue weighted by Crippen LogP contribution is -2.52. The summed E-state index contributed by atoms with van der Waals surface area (Å²) in [5, 5.41) is 14.3. The topological polar surface area (TPSA) is 74.2 Å². The quantitative estimate of drug-likeness (QED) is 0.687. The first kappa shape index (κ1) is 21.7. The summed E-state index contributed by atoms with van der Waals surface area (Å²) in [5.41, 5.74) is -0.292. The largest absolute Gasteiger partial charge is 0.497 e. The van der Waals surface area contributed by atoms with E-state index in [1.165, 1.54) is 31.4 Å². The zero-order chi connectivity index (χ0) is 21.8. The van der Waals surface area contributed by atoms with Crippen molar-refractivity contribution in [2.24, 2.45) is 0 Å². The number of halogens is 3. The Morgan fingerprint density at radius 2 is 1.80 bits per heavy atom. The number of nitrogens with one attached hydrogen (secondary N) is 2. The van der Waals surface area contributed by atoms with Crippen molar-refractivity contribution in [2.75, 3.05) is 7.11 Å². The van der Waals surface area contributed by atoms with Crippen molar-refractivity contribution in [3.05, 3.63) is 65.7 Å². The molecule has 30 heavy (non-hydrogen) atoms. The van der Waals surface area contributed by atoms with Gasteiger partial charge in [-0.05, 0) is 42.5 Å². The first-order valence-corrected chi connectivity index (χ1v) is 9.50. The first-order valence-electron chi connectivity index (χ1n) is 9.50. The van der Waals surface area contributed by atoms with Gasteiger partial charge in [0.05, 0.1) is 19.2 Å². The highest BCUT2D eigenvalue weighted by Gasteiger charge is 2.47. The van der Waals surface area contributed by atoms with Crippen molar-refractivity contribution in [3.8, 4) is 11.8 Å². The van der Waals surface area contributed by atoms with E-state index in [1.807, 2.05) is 6.07 Å². The fourth-order valence-electron chi connectivity index (χ4n) is 3.17. The normalized spacial score (nSPS) is 16.8. The zero-order valence-electron chi connectivity index (χ0n) is 16.4. The van der Waals surface area contributed by atoms with E-state index in [4.69, 9.17) is 4.74 Å². The number of ether oxygens (including phenoxy) is 1. The highest BCUT2D eigenvalue weighted by atomic mass is 19.4. The van der Waals surface area contributed by atoms with Crippen LogP contribution in [0, 0.1) is 11.3 Å². The van der Waals surface area contributed by atoms with Gasteiger partial charge in [0, 0.05) is 0 Å². The van der Waals surface area contributed by atoms with E-state index in [2.05, 4.69) is 10.6 Å². The molecule has 158 valence electrons. The van der Waals surface area contributed by atoms with Crippen molar-refractivity contribution >= 4 is 5.91 Å². The number of alkyl halides is 3. The summed E-state index contributed by atoms with van der Waals surface area (Å²) in [6, 6.07) is 13.1. The van der Waals surface area contributed by atoms with Crippen molar-refractivity contribution < 1.29 is 22.7 Å².